The standard InChI is InChI=1S/C25H34O5/c1-16(2)25-21(27)13-17(3)7-6-8-18(4)14-23(25)30-24(28)12-10-19-9-11-20(26)22(15-19)29-5/h8-13,15-16,21,23,25-27H,6-7,14H2,1-5H3. The van der Waals surface area contributed by atoms with Gasteiger partial charge in [-0.2, -0.15) is 0 Å². The van der Waals surface area contributed by atoms with Gasteiger partial charge in [-0.05, 0) is 56.4 Å². The minimum absolute atomic E-state index is 0.0399. The van der Waals surface area contributed by atoms with Gasteiger partial charge in [0, 0.05) is 18.4 Å². The van der Waals surface area contributed by atoms with Crippen molar-refractivity contribution >= 4 is 12.0 Å². The zero-order chi connectivity index (χ0) is 22.3. The van der Waals surface area contributed by atoms with Crippen LogP contribution < -0.4 is 4.74 Å². The molecule has 5 nitrogen and oxygen atoms in total. The number of aliphatic hydroxyl groups is 1. The molecular formula is C25H34O5. The fourth-order valence-corrected chi connectivity index (χ4v) is 3.88. The van der Waals surface area contributed by atoms with Crippen LogP contribution in [0, 0.1) is 11.8 Å². The number of phenolic OH excluding ortho intramolecular Hbond substituents is 1. The van der Waals surface area contributed by atoms with Crippen LogP contribution in [0.1, 0.15) is 52.5 Å². The molecule has 1 aliphatic carbocycles. The summed E-state index contributed by atoms with van der Waals surface area (Å²) in [5, 5.41) is 20.5. The lowest BCUT2D eigenvalue weighted by atomic mass is 9.81. The van der Waals surface area contributed by atoms with E-state index >= 15 is 0 Å². The van der Waals surface area contributed by atoms with Gasteiger partial charge in [0.15, 0.2) is 11.5 Å². The number of esters is 1. The van der Waals surface area contributed by atoms with Crippen molar-refractivity contribution in [3.63, 3.8) is 0 Å². The van der Waals surface area contributed by atoms with Crippen LogP contribution in [0.3, 0.4) is 0 Å². The first kappa shape index (κ1) is 23.7. The number of hydrogen-bond donors (Lipinski definition) is 2. The van der Waals surface area contributed by atoms with Crippen molar-refractivity contribution in [2.45, 2.75) is 59.2 Å². The molecular weight excluding hydrogens is 380 g/mol. The molecule has 1 aromatic carbocycles. The highest BCUT2D eigenvalue weighted by molar-refractivity contribution is 5.87. The zero-order valence-electron chi connectivity index (χ0n) is 18.6. The molecule has 0 fully saturated rings. The van der Waals surface area contributed by atoms with E-state index in [2.05, 4.69) is 6.08 Å². The maximum Gasteiger partial charge on any atom is 0.331 e. The van der Waals surface area contributed by atoms with E-state index in [0.717, 1.165) is 24.0 Å². The first-order valence-electron chi connectivity index (χ1n) is 10.5. The van der Waals surface area contributed by atoms with Gasteiger partial charge in [0.1, 0.15) is 6.10 Å². The second-order valence-corrected chi connectivity index (χ2v) is 8.36. The van der Waals surface area contributed by atoms with E-state index in [9.17, 15) is 15.0 Å². The molecule has 1 aliphatic rings. The number of phenols is 1. The number of hydrogen-bond acceptors (Lipinski definition) is 5. The summed E-state index contributed by atoms with van der Waals surface area (Å²) >= 11 is 0. The molecule has 0 spiro atoms. The molecule has 0 radical (unpaired) electrons. The Labute approximate surface area is 179 Å². The van der Waals surface area contributed by atoms with Gasteiger partial charge in [-0.1, -0.05) is 43.2 Å². The van der Waals surface area contributed by atoms with Crippen LogP contribution in [0.15, 0.2) is 47.6 Å². The van der Waals surface area contributed by atoms with Crippen molar-refractivity contribution in [3.8, 4) is 11.5 Å². The zero-order valence-corrected chi connectivity index (χ0v) is 18.6. The second kappa shape index (κ2) is 11.0. The summed E-state index contributed by atoms with van der Waals surface area (Å²) in [6, 6.07) is 4.84. The highest BCUT2D eigenvalue weighted by atomic mass is 16.5. The Kier molecular flexibility index (Phi) is 8.72. The molecule has 1 aromatic rings. The Morgan fingerprint density at radius 1 is 1.23 bits per heavy atom. The van der Waals surface area contributed by atoms with Gasteiger partial charge < -0.3 is 19.7 Å². The largest absolute Gasteiger partial charge is 0.504 e. The third-order valence-electron chi connectivity index (χ3n) is 5.49. The van der Waals surface area contributed by atoms with Crippen molar-refractivity contribution in [2.24, 2.45) is 11.8 Å². The monoisotopic (exact) mass is 414 g/mol. The molecule has 0 heterocycles. The van der Waals surface area contributed by atoms with Crippen LogP contribution in [0.25, 0.3) is 6.08 Å². The van der Waals surface area contributed by atoms with Gasteiger partial charge in [-0.3, -0.25) is 0 Å². The summed E-state index contributed by atoms with van der Waals surface area (Å²) < 4.78 is 10.9. The quantitative estimate of drug-likeness (QED) is 0.401. The molecule has 30 heavy (non-hydrogen) atoms. The van der Waals surface area contributed by atoms with Crippen molar-refractivity contribution in [1.82, 2.24) is 0 Å². The average Bonchev–Trinajstić information content (AvgIpc) is 2.66. The lowest BCUT2D eigenvalue weighted by Gasteiger charge is -2.33. The topological polar surface area (TPSA) is 76.0 Å². The Balaban J connectivity index is 2.22. The Bertz CT molecular complexity index is 819. The fraction of sp³-hybridized carbons (Fsp3) is 0.480. The van der Waals surface area contributed by atoms with E-state index in [1.165, 1.54) is 19.3 Å². The fourth-order valence-electron chi connectivity index (χ4n) is 3.88. The van der Waals surface area contributed by atoms with Crippen LogP contribution in [0.5, 0.6) is 11.5 Å². The number of carbonyl (C=O) groups excluding carboxylic acids is 1. The van der Waals surface area contributed by atoms with Crippen LogP contribution in [-0.4, -0.2) is 35.5 Å². The summed E-state index contributed by atoms with van der Waals surface area (Å²) in [5.41, 5.74) is 3.01. The number of rotatable bonds is 5. The van der Waals surface area contributed by atoms with Crippen molar-refractivity contribution in [1.29, 1.82) is 0 Å². The van der Waals surface area contributed by atoms with Gasteiger partial charge in [0.2, 0.25) is 0 Å². The molecule has 0 saturated heterocycles. The van der Waals surface area contributed by atoms with Gasteiger partial charge in [0.25, 0.3) is 0 Å². The molecule has 0 aromatic heterocycles. The van der Waals surface area contributed by atoms with Crippen LogP contribution >= 0.6 is 0 Å². The number of allylic oxidation sites excluding steroid dienone is 2. The molecule has 164 valence electrons. The van der Waals surface area contributed by atoms with E-state index < -0.39 is 18.2 Å². The minimum atomic E-state index is -0.668. The normalized spacial score (nSPS) is 23.1. The molecule has 0 bridgehead atoms. The number of benzene rings is 1. The Morgan fingerprint density at radius 3 is 2.63 bits per heavy atom. The van der Waals surface area contributed by atoms with Gasteiger partial charge in [0.05, 0.1) is 13.2 Å². The smallest absolute Gasteiger partial charge is 0.331 e. The minimum Gasteiger partial charge on any atom is -0.504 e. The molecule has 3 atom stereocenters. The predicted molar refractivity (Wildman–Crippen MR) is 119 cm³/mol. The first-order chi connectivity index (χ1) is 14.2. The third kappa shape index (κ3) is 6.77. The number of aromatic hydroxyl groups is 1. The molecule has 3 unspecified atom stereocenters. The highest BCUT2D eigenvalue weighted by Gasteiger charge is 2.33. The maximum atomic E-state index is 12.6. The third-order valence-corrected chi connectivity index (χ3v) is 5.49. The average molecular weight is 415 g/mol. The van der Waals surface area contributed by atoms with Gasteiger partial charge >= 0.3 is 5.97 Å². The molecule has 2 N–H and O–H groups in total. The molecule has 2 rings (SSSR count). The van der Waals surface area contributed by atoms with Crippen molar-refractivity contribution in [3.05, 3.63) is 53.1 Å². The lowest BCUT2D eigenvalue weighted by Crippen LogP contribution is -2.38. The van der Waals surface area contributed by atoms with E-state index in [-0.39, 0.29) is 17.6 Å². The van der Waals surface area contributed by atoms with Crippen LogP contribution in [0.2, 0.25) is 0 Å². The summed E-state index contributed by atoms with van der Waals surface area (Å²) in [4.78, 5) is 12.6. The number of aliphatic hydroxyl groups excluding tert-OH is 1. The molecule has 0 amide bonds. The lowest BCUT2D eigenvalue weighted by molar-refractivity contribution is -0.148. The summed E-state index contributed by atoms with van der Waals surface area (Å²) in [5.74, 6) is -0.149. The SMILES string of the molecule is COc1cc(C=CC(=O)OC2CC(C)=CCCC(C)=CC(O)C2C(C)C)ccc1O. The molecule has 0 saturated carbocycles. The van der Waals surface area contributed by atoms with Gasteiger partial charge in [-0.25, -0.2) is 4.79 Å². The number of carbonyl (C=O) groups is 1. The Hall–Kier alpha value is -2.53. The second-order valence-electron chi connectivity index (χ2n) is 8.36. The van der Waals surface area contributed by atoms with Gasteiger partial charge in [-0.15, -0.1) is 0 Å². The number of methoxy groups -OCH3 is 1. The molecule has 0 aliphatic heterocycles. The summed E-state index contributed by atoms with van der Waals surface area (Å²) in [6.07, 6.45) is 8.42. The van der Waals surface area contributed by atoms with E-state index in [1.54, 1.807) is 18.2 Å². The van der Waals surface area contributed by atoms with Crippen LogP contribution in [-0.2, 0) is 9.53 Å². The highest BCUT2D eigenvalue weighted by Crippen LogP contribution is 2.30. The van der Waals surface area contributed by atoms with E-state index in [4.69, 9.17) is 9.47 Å². The Morgan fingerprint density at radius 2 is 1.97 bits per heavy atom. The summed E-state index contributed by atoms with van der Waals surface area (Å²) in [6.45, 7) is 8.16. The summed E-state index contributed by atoms with van der Waals surface area (Å²) in [7, 11) is 1.47. The van der Waals surface area contributed by atoms with E-state index in [1.807, 2.05) is 33.8 Å². The molecule has 5 heteroatoms. The van der Waals surface area contributed by atoms with E-state index in [0.29, 0.717) is 17.7 Å². The number of ether oxygens (including phenoxy) is 2. The predicted octanol–water partition coefficient (Wildman–Crippen LogP) is 5.04. The van der Waals surface area contributed by atoms with Crippen molar-refractivity contribution < 1.29 is 24.5 Å². The van der Waals surface area contributed by atoms with Crippen molar-refractivity contribution in [2.75, 3.05) is 7.11 Å². The van der Waals surface area contributed by atoms with Crippen LogP contribution in [0.4, 0.5) is 0 Å². The first-order valence-corrected chi connectivity index (χ1v) is 10.5. The maximum absolute atomic E-state index is 12.6.